The molecule has 20 heavy (non-hydrogen) atoms. The van der Waals surface area contributed by atoms with Crippen molar-refractivity contribution >= 4 is 24.3 Å². The first-order chi connectivity index (χ1) is 8.95. The fraction of sp³-hybridized carbons (Fsp3) is 0.846. The van der Waals surface area contributed by atoms with Crippen LogP contribution in [-0.2, 0) is 4.79 Å². The second-order valence-corrected chi connectivity index (χ2v) is 5.38. The fourth-order valence-electron chi connectivity index (χ4n) is 2.24. The Morgan fingerprint density at radius 3 is 2.10 bits per heavy atom. The lowest BCUT2D eigenvalue weighted by atomic mass is 10.0. The van der Waals surface area contributed by atoms with Crippen molar-refractivity contribution in [1.82, 2.24) is 15.1 Å². The van der Waals surface area contributed by atoms with E-state index < -0.39 is 6.04 Å². The Morgan fingerprint density at radius 2 is 1.65 bits per heavy atom. The predicted molar refractivity (Wildman–Crippen MR) is 81.9 cm³/mol. The van der Waals surface area contributed by atoms with Gasteiger partial charge in [-0.15, -0.1) is 12.4 Å². The molecule has 118 valence electrons. The minimum absolute atomic E-state index is 0. The van der Waals surface area contributed by atoms with E-state index >= 15 is 0 Å². The number of rotatable bonds is 4. The summed E-state index contributed by atoms with van der Waals surface area (Å²) in [6.07, 6.45) is 0.704. The molecular weight excluding hydrogens is 280 g/mol. The fourth-order valence-corrected chi connectivity index (χ4v) is 2.24. The summed E-state index contributed by atoms with van der Waals surface area (Å²) >= 11 is 0. The molecular formula is C13H27ClN4O2. The van der Waals surface area contributed by atoms with Crippen molar-refractivity contribution in [3.63, 3.8) is 0 Å². The van der Waals surface area contributed by atoms with E-state index in [4.69, 9.17) is 5.73 Å². The molecule has 0 aromatic rings. The SMILES string of the molecule is CCNC(=O)N1CCN(C(=O)[C@@H](N)CC(C)C)CC1.Cl. The van der Waals surface area contributed by atoms with Gasteiger partial charge in [0, 0.05) is 32.7 Å². The van der Waals surface area contributed by atoms with Gasteiger partial charge in [-0.25, -0.2) is 4.79 Å². The monoisotopic (exact) mass is 306 g/mol. The molecule has 0 aliphatic carbocycles. The van der Waals surface area contributed by atoms with E-state index in [1.807, 2.05) is 6.92 Å². The minimum atomic E-state index is -0.420. The summed E-state index contributed by atoms with van der Waals surface area (Å²) < 4.78 is 0. The van der Waals surface area contributed by atoms with Gasteiger partial charge >= 0.3 is 6.03 Å². The van der Waals surface area contributed by atoms with Crippen molar-refractivity contribution in [2.75, 3.05) is 32.7 Å². The molecule has 1 fully saturated rings. The molecule has 0 aromatic heterocycles. The van der Waals surface area contributed by atoms with Gasteiger partial charge in [0.15, 0.2) is 0 Å². The number of nitrogens with two attached hydrogens (primary N) is 1. The highest BCUT2D eigenvalue weighted by Gasteiger charge is 2.27. The van der Waals surface area contributed by atoms with Gasteiger partial charge in [0.2, 0.25) is 5.91 Å². The first-order valence-electron chi connectivity index (χ1n) is 7.02. The van der Waals surface area contributed by atoms with Crippen LogP contribution in [0.3, 0.4) is 0 Å². The zero-order valence-electron chi connectivity index (χ0n) is 12.6. The van der Waals surface area contributed by atoms with Gasteiger partial charge < -0.3 is 20.9 Å². The van der Waals surface area contributed by atoms with Crippen molar-refractivity contribution < 1.29 is 9.59 Å². The molecule has 1 heterocycles. The van der Waals surface area contributed by atoms with Crippen LogP contribution in [0.1, 0.15) is 27.2 Å². The third-order valence-corrected chi connectivity index (χ3v) is 3.25. The van der Waals surface area contributed by atoms with E-state index in [0.29, 0.717) is 45.1 Å². The molecule has 6 nitrogen and oxygen atoms in total. The zero-order chi connectivity index (χ0) is 14.4. The smallest absolute Gasteiger partial charge is 0.317 e. The summed E-state index contributed by atoms with van der Waals surface area (Å²) in [6, 6.07) is -0.475. The molecule has 1 atom stereocenters. The first kappa shape index (κ1) is 19.0. The molecule has 1 aliphatic heterocycles. The third kappa shape index (κ3) is 5.54. The Balaban J connectivity index is 0.00000361. The number of nitrogens with zero attached hydrogens (tertiary/aromatic N) is 2. The summed E-state index contributed by atoms with van der Waals surface area (Å²) in [7, 11) is 0. The second-order valence-electron chi connectivity index (χ2n) is 5.38. The van der Waals surface area contributed by atoms with Gasteiger partial charge in [-0.05, 0) is 19.3 Å². The molecule has 0 spiro atoms. The van der Waals surface area contributed by atoms with E-state index in [-0.39, 0.29) is 24.3 Å². The number of piperazine rings is 1. The summed E-state index contributed by atoms with van der Waals surface area (Å²) in [6.45, 7) is 8.92. The number of amides is 3. The maximum Gasteiger partial charge on any atom is 0.317 e. The van der Waals surface area contributed by atoms with E-state index in [2.05, 4.69) is 19.2 Å². The van der Waals surface area contributed by atoms with E-state index in [9.17, 15) is 9.59 Å². The Kier molecular flexibility index (Phi) is 8.57. The van der Waals surface area contributed by atoms with Crippen LogP contribution in [0.4, 0.5) is 4.79 Å². The Labute approximate surface area is 127 Å². The molecule has 0 bridgehead atoms. The van der Waals surface area contributed by atoms with Crippen LogP contribution in [0.15, 0.2) is 0 Å². The summed E-state index contributed by atoms with van der Waals surface area (Å²) in [5, 5.41) is 2.77. The number of hydrogen-bond acceptors (Lipinski definition) is 3. The van der Waals surface area contributed by atoms with Crippen molar-refractivity contribution in [2.45, 2.75) is 33.2 Å². The molecule has 0 saturated carbocycles. The second kappa shape index (κ2) is 9.02. The molecule has 1 saturated heterocycles. The normalized spacial score (nSPS) is 16.6. The van der Waals surface area contributed by atoms with Gasteiger partial charge in [0.25, 0.3) is 0 Å². The van der Waals surface area contributed by atoms with Gasteiger partial charge in [0.1, 0.15) is 0 Å². The number of carbonyl (C=O) groups excluding carboxylic acids is 2. The average Bonchev–Trinajstić information content (AvgIpc) is 2.37. The maximum atomic E-state index is 12.1. The van der Waals surface area contributed by atoms with Crippen molar-refractivity contribution in [2.24, 2.45) is 11.7 Å². The highest BCUT2D eigenvalue weighted by molar-refractivity contribution is 5.85. The lowest BCUT2D eigenvalue weighted by molar-refractivity contribution is -0.134. The van der Waals surface area contributed by atoms with E-state index in [1.54, 1.807) is 9.80 Å². The molecule has 3 N–H and O–H groups in total. The Bertz CT molecular complexity index is 317. The van der Waals surface area contributed by atoms with E-state index in [1.165, 1.54) is 0 Å². The van der Waals surface area contributed by atoms with Crippen LogP contribution in [0.5, 0.6) is 0 Å². The highest BCUT2D eigenvalue weighted by atomic mass is 35.5. The lowest BCUT2D eigenvalue weighted by Gasteiger charge is -2.36. The Hall–Kier alpha value is -1.01. The number of carbonyl (C=O) groups is 2. The van der Waals surface area contributed by atoms with Gasteiger partial charge in [-0.2, -0.15) is 0 Å². The van der Waals surface area contributed by atoms with Crippen LogP contribution in [0.2, 0.25) is 0 Å². The van der Waals surface area contributed by atoms with E-state index in [0.717, 1.165) is 0 Å². The molecule has 1 rings (SSSR count). The van der Waals surface area contributed by atoms with Gasteiger partial charge in [-0.3, -0.25) is 4.79 Å². The minimum Gasteiger partial charge on any atom is -0.338 e. The van der Waals surface area contributed by atoms with Crippen LogP contribution in [0, 0.1) is 5.92 Å². The highest BCUT2D eigenvalue weighted by Crippen LogP contribution is 2.08. The predicted octanol–water partition coefficient (Wildman–Crippen LogP) is 0.655. The molecule has 0 radical (unpaired) electrons. The summed E-state index contributed by atoms with van der Waals surface area (Å²) in [5.74, 6) is 0.417. The van der Waals surface area contributed by atoms with Crippen molar-refractivity contribution in [3.8, 4) is 0 Å². The zero-order valence-corrected chi connectivity index (χ0v) is 13.4. The number of nitrogens with one attached hydrogen (secondary N) is 1. The van der Waals surface area contributed by atoms with Crippen molar-refractivity contribution in [3.05, 3.63) is 0 Å². The third-order valence-electron chi connectivity index (χ3n) is 3.25. The number of urea groups is 1. The molecule has 0 unspecified atom stereocenters. The Morgan fingerprint density at radius 1 is 1.15 bits per heavy atom. The number of hydrogen-bond donors (Lipinski definition) is 2. The molecule has 1 aliphatic rings. The topological polar surface area (TPSA) is 78.7 Å². The van der Waals surface area contributed by atoms with Crippen molar-refractivity contribution in [1.29, 1.82) is 0 Å². The van der Waals surface area contributed by atoms with Gasteiger partial charge in [0.05, 0.1) is 6.04 Å². The quantitative estimate of drug-likeness (QED) is 0.800. The summed E-state index contributed by atoms with van der Waals surface area (Å²) in [5.41, 5.74) is 5.91. The summed E-state index contributed by atoms with van der Waals surface area (Å²) in [4.78, 5) is 27.3. The largest absolute Gasteiger partial charge is 0.338 e. The maximum absolute atomic E-state index is 12.1. The van der Waals surface area contributed by atoms with Crippen LogP contribution >= 0.6 is 12.4 Å². The van der Waals surface area contributed by atoms with Crippen LogP contribution < -0.4 is 11.1 Å². The van der Waals surface area contributed by atoms with Crippen LogP contribution in [0.25, 0.3) is 0 Å². The average molecular weight is 307 g/mol. The first-order valence-corrected chi connectivity index (χ1v) is 7.02. The molecule has 7 heteroatoms. The standard InChI is InChI=1S/C13H26N4O2.ClH/c1-4-15-13(19)17-7-5-16(6-8-17)12(18)11(14)9-10(2)3;/h10-11H,4-9,14H2,1-3H3,(H,15,19);1H/t11-;/m0./s1. The lowest BCUT2D eigenvalue weighted by Crippen LogP contribution is -2.56. The molecule has 3 amide bonds. The molecule has 0 aromatic carbocycles. The van der Waals surface area contributed by atoms with Crippen LogP contribution in [-0.4, -0.2) is 60.5 Å². The van der Waals surface area contributed by atoms with Gasteiger partial charge in [-0.1, -0.05) is 13.8 Å². The number of halogens is 1.